The van der Waals surface area contributed by atoms with Crippen LogP contribution in [-0.2, 0) is 65.4 Å². The van der Waals surface area contributed by atoms with E-state index in [4.69, 9.17) is 37.0 Å². The smallest absolute Gasteiger partial charge is 0.462 e. The maximum Gasteiger partial charge on any atom is 0.472 e. The van der Waals surface area contributed by atoms with Gasteiger partial charge in [0.1, 0.15) is 19.3 Å². The Morgan fingerprint density at radius 3 is 0.808 bits per heavy atom. The third-order valence-corrected chi connectivity index (χ3v) is 19.4. The molecule has 0 rings (SSSR count). The molecule has 0 aromatic heterocycles. The Morgan fingerprint density at radius 1 is 0.279 bits per heavy atom. The van der Waals surface area contributed by atoms with Crippen LogP contribution in [0.2, 0.25) is 0 Å². The number of aliphatic hydroxyl groups is 1. The Balaban J connectivity index is 5.36. The van der Waals surface area contributed by atoms with Gasteiger partial charge in [-0.05, 0) is 128 Å². The number of aliphatic hydroxyl groups excluding tert-OH is 1. The van der Waals surface area contributed by atoms with Crippen LogP contribution < -0.4 is 0 Å². The van der Waals surface area contributed by atoms with Crippen LogP contribution in [-0.4, -0.2) is 96.7 Å². The van der Waals surface area contributed by atoms with Crippen molar-refractivity contribution in [2.45, 2.75) is 380 Å². The van der Waals surface area contributed by atoms with E-state index in [-0.39, 0.29) is 25.7 Å². The quantitative estimate of drug-likeness (QED) is 0.0169. The first kappa shape index (κ1) is 100.0. The predicted molar refractivity (Wildman–Crippen MR) is 427 cm³/mol. The molecule has 0 amide bonds. The Kier molecular flexibility index (Phi) is 74.2. The van der Waals surface area contributed by atoms with Crippen LogP contribution in [0.15, 0.2) is 97.2 Å². The second-order valence-corrected chi connectivity index (χ2v) is 30.6. The van der Waals surface area contributed by atoms with Crippen LogP contribution in [0, 0.1) is 0 Å². The molecule has 0 bridgehead atoms. The molecule has 0 aliphatic rings. The zero-order valence-electron chi connectivity index (χ0n) is 65.9. The zero-order valence-corrected chi connectivity index (χ0v) is 67.7. The van der Waals surface area contributed by atoms with Gasteiger partial charge in [0.05, 0.1) is 26.4 Å². The van der Waals surface area contributed by atoms with Gasteiger partial charge in [-0.2, -0.15) is 0 Å². The summed E-state index contributed by atoms with van der Waals surface area (Å²) in [6.45, 7) is 4.74. The number of rotatable bonds is 78. The fraction of sp³-hybridized carbons (Fsp3) is 0.765. The average Bonchev–Trinajstić information content (AvgIpc) is 0.906. The molecule has 0 aliphatic heterocycles. The maximum atomic E-state index is 13.1. The minimum atomic E-state index is -4.99. The van der Waals surface area contributed by atoms with Crippen LogP contribution in [0.3, 0.4) is 0 Å². The lowest BCUT2D eigenvalue weighted by atomic mass is 10.0. The summed E-state index contributed by atoms with van der Waals surface area (Å²) in [7, 11) is -9.96. The lowest BCUT2D eigenvalue weighted by molar-refractivity contribution is -0.161. The third kappa shape index (κ3) is 76.2. The van der Waals surface area contributed by atoms with Gasteiger partial charge in [-0.3, -0.25) is 37.3 Å². The van der Waals surface area contributed by atoms with Gasteiger partial charge in [0.2, 0.25) is 0 Å². The van der Waals surface area contributed by atoms with Crippen LogP contribution in [0.1, 0.15) is 362 Å². The van der Waals surface area contributed by atoms with E-state index < -0.39 is 97.5 Å². The summed E-state index contributed by atoms with van der Waals surface area (Å²) in [5.41, 5.74) is 0. The number of ether oxygens (including phenoxy) is 4. The molecule has 5 unspecified atom stereocenters. The van der Waals surface area contributed by atoms with Crippen LogP contribution in [0.4, 0.5) is 0 Å². The topological polar surface area (TPSA) is 237 Å². The van der Waals surface area contributed by atoms with E-state index in [9.17, 15) is 43.2 Å². The predicted octanol–water partition coefficient (Wildman–Crippen LogP) is 24.3. The number of carbonyl (C=O) groups is 4. The van der Waals surface area contributed by atoms with Crippen molar-refractivity contribution in [3.05, 3.63) is 97.2 Å². The number of hydrogen-bond acceptors (Lipinski definition) is 15. The minimum absolute atomic E-state index is 0.0771. The van der Waals surface area contributed by atoms with Gasteiger partial charge in [0, 0.05) is 25.7 Å². The fourth-order valence-corrected chi connectivity index (χ4v) is 12.8. The highest BCUT2D eigenvalue weighted by molar-refractivity contribution is 7.47. The number of phosphoric acid groups is 2. The summed E-state index contributed by atoms with van der Waals surface area (Å²) >= 11 is 0. The van der Waals surface area contributed by atoms with E-state index in [1.807, 2.05) is 0 Å². The average molecular weight is 1510 g/mol. The van der Waals surface area contributed by atoms with Crippen molar-refractivity contribution in [2.24, 2.45) is 0 Å². The minimum Gasteiger partial charge on any atom is -0.462 e. The molecule has 0 aromatic rings. The second-order valence-electron chi connectivity index (χ2n) is 27.7. The molecule has 0 radical (unpaired) electrons. The number of phosphoric ester groups is 2. The van der Waals surface area contributed by atoms with Gasteiger partial charge in [-0.15, -0.1) is 0 Å². The maximum absolute atomic E-state index is 13.1. The van der Waals surface area contributed by atoms with E-state index in [0.717, 1.165) is 186 Å². The van der Waals surface area contributed by atoms with E-state index in [2.05, 4.69) is 125 Å². The molecule has 602 valence electrons. The van der Waals surface area contributed by atoms with Crippen molar-refractivity contribution >= 4 is 39.5 Å². The Hall–Kier alpha value is -4.02. The fourth-order valence-electron chi connectivity index (χ4n) is 11.2. The number of unbranched alkanes of at least 4 members (excludes halogenated alkanes) is 36. The molecule has 5 atom stereocenters. The molecule has 0 fully saturated rings. The lowest BCUT2D eigenvalue weighted by Gasteiger charge is -2.21. The van der Waals surface area contributed by atoms with Gasteiger partial charge in [-0.25, -0.2) is 9.13 Å². The van der Waals surface area contributed by atoms with Crippen LogP contribution in [0.25, 0.3) is 0 Å². The third-order valence-electron chi connectivity index (χ3n) is 17.5. The summed E-state index contributed by atoms with van der Waals surface area (Å²) in [6.07, 6.45) is 82.3. The first-order valence-corrected chi connectivity index (χ1v) is 44.5. The largest absolute Gasteiger partial charge is 0.472 e. The van der Waals surface area contributed by atoms with Crippen molar-refractivity contribution in [2.75, 3.05) is 39.6 Å². The summed E-state index contributed by atoms with van der Waals surface area (Å²) in [5.74, 6) is -2.19. The number of allylic oxidation sites excluding steroid dienone is 16. The summed E-state index contributed by atoms with van der Waals surface area (Å²) in [5, 5.41) is 10.7. The molecule has 0 saturated carbocycles. The van der Waals surface area contributed by atoms with E-state index in [1.165, 1.54) is 96.3 Å². The lowest BCUT2D eigenvalue weighted by Crippen LogP contribution is -2.30. The van der Waals surface area contributed by atoms with Crippen molar-refractivity contribution in [3.8, 4) is 0 Å². The molecule has 0 heterocycles. The number of carbonyl (C=O) groups excluding carboxylic acids is 4. The molecular weight excluding hydrogens is 1350 g/mol. The molecule has 19 heteroatoms. The molecule has 0 spiro atoms. The summed E-state index contributed by atoms with van der Waals surface area (Å²) < 4.78 is 68.7. The zero-order chi connectivity index (χ0) is 76.0. The van der Waals surface area contributed by atoms with Gasteiger partial charge >= 0.3 is 39.5 Å². The Morgan fingerprint density at radius 2 is 0.500 bits per heavy atom. The Labute approximate surface area is 633 Å². The van der Waals surface area contributed by atoms with Crippen molar-refractivity contribution in [1.29, 1.82) is 0 Å². The first-order chi connectivity index (χ1) is 50.7. The van der Waals surface area contributed by atoms with E-state index in [0.29, 0.717) is 25.7 Å². The molecule has 0 saturated heterocycles. The molecule has 3 N–H and O–H groups in total. The van der Waals surface area contributed by atoms with Gasteiger partial charge < -0.3 is 33.8 Å². The second kappa shape index (κ2) is 77.1. The molecule has 0 aliphatic carbocycles. The van der Waals surface area contributed by atoms with Gasteiger partial charge in [0.25, 0.3) is 0 Å². The molecule has 17 nitrogen and oxygen atoms in total. The van der Waals surface area contributed by atoms with Gasteiger partial charge in [0.15, 0.2) is 12.2 Å². The number of hydrogen-bond donors (Lipinski definition) is 3. The van der Waals surface area contributed by atoms with Gasteiger partial charge in [-0.1, -0.05) is 305 Å². The highest BCUT2D eigenvalue weighted by Crippen LogP contribution is 2.45. The van der Waals surface area contributed by atoms with E-state index >= 15 is 0 Å². The highest BCUT2D eigenvalue weighted by atomic mass is 31.2. The van der Waals surface area contributed by atoms with Crippen molar-refractivity contribution in [3.63, 3.8) is 0 Å². The molecular formula is C85H150O17P2. The van der Waals surface area contributed by atoms with Crippen LogP contribution in [0.5, 0.6) is 0 Å². The number of esters is 4. The standard InChI is InChI=1S/C85H150O17P2/c1-5-9-13-17-21-25-29-33-35-37-39-41-43-47-50-54-58-62-66-70-83(88)96-76-81(102-85(90)72-68-64-60-56-52-48-44-42-40-38-36-34-30-26-22-18-14-10-6-2)78-100-104(93,94)98-74-79(86)73-97-103(91,92)99-77-80(101-84(89)71-67-63-59-55-51-46-32-28-24-20-16-12-8-4)75-95-82(87)69-65-61-57-53-49-45-31-27-23-19-15-11-7-3/h9,13,21-22,25-27,31,33-36,39-42,79-81,86H,5-8,10-12,14-20,23-24,28-30,32,37-38,43-78H2,1-4H3,(H,91,92)(H,93,94)/b13-9-,25-21-,26-22-,31-27-,35-33-,36-34-,41-39-,42-40-. The first-order valence-electron chi connectivity index (χ1n) is 41.5. The summed E-state index contributed by atoms with van der Waals surface area (Å²) in [4.78, 5) is 73.1. The Bertz CT molecular complexity index is 2350. The highest BCUT2D eigenvalue weighted by Gasteiger charge is 2.30. The SMILES string of the molecule is CC/C=C\C/C=C\C/C=C\C/C=C\CCCCCCCCC(=O)OCC(COP(=O)(O)OCC(O)COP(=O)(O)OCC(COC(=O)CCCCCCC/C=C\CCCCCC)OC(=O)CCCCCCCCCCCCCCC)OC(=O)CCCCCCCC/C=C\C/C=C\C/C=C\CCCCC. The van der Waals surface area contributed by atoms with E-state index in [1.54, 1.807) is 0 Å². The molecule has 104 heavy (non-hydrogen) atoms. The summed E-state index contributed by atoms with van der Waals surface area (Å²) in [6, 6.07) is 0. The van der Waals surface area contributed by atoms with Crippen molar-refractivity contribution < 1.29 is 80.2 Å². The molecule has 0 aromatic carbocycles. The monoisotopic (exact) mass is 1510 g/mol. The van der Waals surface area contributed by atoms with Crippen LogP contribution >= 0.6 is 15.6 Å². The van der Waals surface area contributed by atoms with Crippen molar-refractivity contribution in [1.82, 2.24) is 0 Å². The normalized spacial score (nSPS) is 14.3.